The molecule has 1 aliphatic heterocycles. The van der Waals surface area contributed by atoms with E-state index in [1.54, 1.807) is 0 Å². The van der Waals surface area contributed by atoms with Crippen LogP contribution in [-0.2, 0) is 14.3 Å². The van der Waals surface area contributed by atoms with E-state index in [0.717, 1.165) is 6.61 Å². The highest BCUT2D eigenvalue weighted by atomic mass is 16.6. The zero-order valence-electron chi connectivity index (χ0n) is 5.92. The SMILES string of the molecule is C=C(OCC1CO1)C(C)=O. The number of ether oxygens (including phenoxy) is 2. The van der Waals surface area contributed by atoms with Gasteiger partial charge in [-0.25, -0.2) is 0 Å². The number of epoxide rings is 1. The molecule has 1 aliphatic rings. The second-order valence-electron chi connectivity index (χ2n) is 2.25. The lowest BCUT2D eigenvalue weighted by Gasteiger charge is -2.01. The van der Waals surface area contributed by atoms with Gasteiger partial charge < -0.3 is 9.47 Å². The molecular weight excluding hydrogens is 132 g/mol. The molecule has 1 unspecified atom stereocenters. The van der Waals surface area contributed by atoms with Crippen molar-refractivity contribution in [3.05, 3.63) is 12.3 Å². The Morgan fingerprint density at radius 3 is 2.90 bits per heavy atom. The maximum Gasteiger partial charge on any atom is 0.193 e. The van der Waals surface area contributed by atoms with Crippen LogP contribution >= 0.6 is 0 Å². The fraction of sp³-hybridized carbons (Fsp3) is 0.571. The maximum atomic E-state index is 10.5. The molecular formula is C7H10O3. The number of hydrogen-bond donors (Lipinski definition) is 0. The predicted octanol–water partition coefficient (Wildman–Crippen LogP) is 0.504. The highest BCUT2D eigenvalue weighted by Crippen LogP contribution is 2.10. The molecule has 3 heteroatoms. The summed E-state index contributed by atoms with van der Waals surface area (Å²) in [6, 6.07) is 0. The van der Waals surface area contributed by atoms with E-state index in [9.17, 15) is 4.79 Å². The minimum Gasteiger partial charge on any atom is -0.488 e. The van der Waals surface area contributed by atoms with Gasteiger partial charge in [0.25, 0.3) is 0 Å². The molecule has 0 spiro atoms. The van der Waals surface area contributed by atoms with Crippen LogP contribution in [0.3, 0.4) is 0 Å². The Hall–Kier alpha value is -0.830. The molecule has 1 heterocycles. The van der Waals surface area contributed by atoms with Crippen molar-refractivity contribution in [3.63, 3.8) is 0 Å². The molecule has 56 valence electrons. The third-order valence-corrected chi connectivity index (χ3v) is 1.24. The van der Waals surface area contributed by atoms with Crippen molar-refractivity contribution < 1.29 is 14.3 Å². The summed E-state index contributed by atoms with van der Waals surface area (Å²) in [5, 5.41) is 0. The molecule has 0 N–H and O–H groups in total. The molecule has 10 heavy (non-hydrogen) atoms. The Labute approximate surface area is 59.6 Å². The number of ketones is 1. The van der Waals surface area contributed by atoms with E-state index in [4.69, 9.17) is 9.47 Å². The molecule has 1 saturated heterocycles. The first-order valence-electron chi connectivity index (χ1n) is 3.14. The Morgan fingerprint density at radius 1 is 1.90 bits per heavy atom. The lowest BCUT2D eigenvalue weighted by Crippen LogP contribution is -2.05. The van der Waals surface area contributed by atoms with Gasteiger partial charge in [-0.05, 0) is 0 Å². The molecule has 1 fully saturated rings. The summed E-state index contributed by atoms with van der Waals surface area (Å²) >= 11 is 0. The van der Waals surface area contributed by atoms with Crippen LogP contribution in [0, 0.1) is 0 Å². The van der Waals surface area contributed by atoms with Crippen molar-refractivity contribution >= 4 is 5.78 Å². The van der Waals surface area contributed by atoms with Gasteiger partial charge in [-0.1, -0.05) is 6.58 Å². The second-order valence-corrected chi connectivity index (χ2v) is 2.25. The predicted molar refractivity (Wildman–Crippen MR) is 35.5 cm³/mol. The monoisotopic (exact) mass is 142 g/mol. The molecule has 0 aromatic rings. The zero-order chi connectivity index (χ0) is 7.56. The van der Waals surface area contributed by atoms with Crippen molar-refractivity contribution in [1.82, 2.24) is 0 Å². The Morgan fingerprint density at radius 2 is 2.50 bits per heavy atom. The van der Waals surface area contributed by atoms with Gasteiger partial charge in [0.2, 0.25) is 0 Å². The van der Waals surface area contributed by atoms with Gasteiger partial charge in [-0.3, -0.25) is 4.79 Å². The Kier molecular flexibility index (Phi) is 2.06. The van der Waals surface area contributed by atoms with Gasteiger partial charge in [-0.15, -0.1) is 0 Å². The first kappa shape index (κ1) is 7.28. The van der Waals surface area contributed by atoms with Gasteiger partial charge in [-0.2, -0.15) is 0 Å². The fourth-order valence-corrected chi connectivity index (χ4v) is 0.459. The minimum atomic E-state index is -0.124. The summed E-state index contributed by atoms with van der Waals surface area (Å²) in [6.45, 7) is 6.05. The molecule has 0 saturated carbocycles. The summed E-state index contributed by atoms with van der Waals surface area (Å²) < 4.78 is 9.82. The van der Waals surface area contributed by atoms with Crippen LogP contribution in [0.25, 0.3) is 0 Å². The standard InChI is InChI=1S/C7H10O3/c1-5(8)6(2)9-3-7-4-10-7/h7H,2-4H2,1H3. The van der Waals surface area contributed by atoms with Crippen LogP contribution in [0.2, 0.25) is 0 Å². The van der Waals surface area contributed by atoms with E-state index in [2.05, 4.69) is 6.58 Å². The molecule has 0 aromatic carbocycles. The van der Waals surface area contributed by atoms with E-state index in [-0.39, 0.29) is 17.6 Å². The number of Topliss-reactive ketones (excluding diaryl/α,β-unsaturated/α-hetero) is 1. The number of hydrogen-bond acceptors (Lipinski definition) is 3. The third-order valence-electron chi connectivity index (χ3n) is 1.24. The van der Waals surface area contributed by atoms with E-state index in [1.165, 1.54) is 6.92 Å². The van der Waals surface area contributed by atoms with Gasteiger partial charge in [0.15, 0.2) is 11.5 Å². The summed E-state index contributed by atoms with van der Waals surface area (Å²) in [6.07, 6.45) is 0.191. The number of carbonyl (C=O) groups excluding carboxylic acids is 1. The summed E-state index contributed by atoms with van der Waals surface area (Å²) in [7, 11) is 0. The smallest absolute Gasteiger partial charge is 0.193 e. The summed E-state index contributed by atoms with van der Waals surface area (Å²) in [5.74, 6) is 0.0937. The number of rotatable bonds is 4. The minimum absolute atomic E-state index is 0.124. The highest BCUT2D eigenvalue weighted by molar-refractivity contribution is 5.90. The second kappa shape index (κ2) is 2.84. The number of allylic oxidation sites excluding steroid dienone is 1. The largest absolute Gasteiger partial charge is 0.488 e. The highest BCUT2D eigenvalue weighted by Gasteiger charge is 2.23. The molecule has 0 amide bonds. The summed E-state index contributed by atoms with van der Waals surface area (Å²) in [4.78, 5) is 10.5. The molecule has 0 bridgehead atoms. The lowest BCUT2D eigenvalue weighted by atomic mass is 10.4. The van der Waals surface area contributed by atoms with Crippen LogP contribution < -0.4 is 0 Å². The van der Waals surface area contributed by atoms with Crippen molar-refractivity contribution in [2.45, 2.75) is 13.0 Å². The normalized spacial score (nSPS) is 21.9. The summed E-state index contributed by atoms with van der Waals surface area (Å²) in [5.41, 5.74) is 0. The first-order valence-corrected chi connectivity index (χ1v) is 3.14. The maximum absolute atomic E-state index is 10.5. The van der Waals surface area contributed by atoms with Crippen LogP contribution in [0.1, 0.15) is 6.92 Å². The van der Waals surface area contributed by atoms with Gasteiger partial charge in [0.05, 0.1) is 6.61 Å². The third kappa shape index (κ3) is 2.19. The topological polar surface area (TPSA) is 38.8 Å². The van der Waals surface area contributed by atoms with Crippen molar-refractivity contribution in [2.75, 3.05) is 13.2 Å². The van der Waals surface area contributed by atoms with Gasteiger partial charge >= 0.3 is 0 Å². The van der Waals surface area contributed by atoms with Gasteiger partial charge in [0, 0.05) is 6.92 Å². The average Bonchev–Trinajstić information content (AvgIpc) is 2.64. The van der Waals surface area contributed by atoms with Gasteiger partial charge in [0.1, 0.15) is 12.7 Å². The van der Waals surface area contributed by atoms with E-state index in [0.29, 0.717) is 6.61 Å². The Bertz CT molecular complexity index is 158. The fourth-order valence-electron chi connectivity index (χ4n) is 0.459. The quantitative estimate of drug-likeness (QED) is 0.326. The van der Waals surface area contributed by atoms with Crippen LogP contribution in [-0.4, -0.2) is 25.1 Å². The van der Waals surface area contributed by atoms with Crippen LogP contribution in [0.5, 0.6) is 0 Å². The van der Waals surface area contributed by atoms with E-state index < -0.39 is 0 Å². The lowest BCUT2D eigenvalue weighted by molar-refractivity contribution is -0.116. The molecule has 0 aromatic heterocycles. The van der Waals surface area contributed by atoms with E-state index >= 15 is 0 Å². The van der Waals surface area contributed by atoms with Crippen molar-refractivity contribution in [2.24, 2.45) is 0 Å². The molecule has 3 nitrogen and oxygen atoms in total. The molecule has 0 aliphatic carbocycles. The number of carbonyl (C=O) groups is 1. The molecule has 1 rings (SSSR count). The van der Waals surface area contributed by atoms with Crippen LogP contribution in [0.4, 0.5) is 0 Å². The van der Waals surface area contributed by atoms with E-state index in [1.807, 2.05) is 0 Å². The Balaban J connectivity index is 2.11. The first-order chi connectivity index (χ1) is 4.70. The van der Waals surface area contributed by atoms with Crippen molar-refractivity contribution in [1.29, 1.82) is 0 Å². The average molecular weight is 142 g/mol. The molecule has 0 radical (unpaired) electrons. The molecule has 1 atom stereocenters. The van der Waals surface area contributed by atoms with Crippen LogP contribution in [0.15, 0.2) is 12.3 Å². The zero-order valence-corrected chi connectivity index (χ0v) is 5.92. The van der Waals surface area contributed by atoms with Crippen molar-refractivity contribution in [3.8, 4) is 0 Å².